The molecule has 0 N–H and O–H groups in total. The van der Waals surface area contributed by atoms with Gasteiger partial charge in [0.2, 0.25) is 5.82 Å². The van der Waals surface area contributed by atoms with Crippen LogP contribution in [0, 0.1) is 0 Å². The first kappa shape index (κ1) is 18.3. The van der Waals surface area contributed by atoms with Crippen LogP contribution in [0.2, 0.25) is 5.02 Å². The van der Waals surface area contributed by atoms with E-state index in [-0.39, 0.29) is 5.91 Å². The number of anilines is 1. The van der Waals surface area contributed by atoms with Gasteiger partial charge in [0, 0.05) is 42.3 Å². The number of nitrogens with zero attached hydrogens (tertiary/aromatic N) is 4. The van der Waals surface area contributed by atoms with Crippen LogP contribution in [-0.2, 0) is 0 Å². The Balaban J connectivity index is 1.38. The third-order valence-corrected chi connectivity index (χ3v) is 4.94. The van der Waals surface area contributed by atoms with E-state index in [2.05, 4.69) is 10.1 Å². The monoisotopic (exact) mass is 398 g/mol. The largest absolute Gasteiger partial charge is 0.497 e. The Hall–Kier alpha value is -3.06. The summed E-state index contributed by atoms with van der Waals surface area (Å²) in [7, 11) is 1.60. The summed E-state index contributed by atoms with van der Waals surface area (Å²) in [5, 5.41) is 4.70. The topological polar surface area (TPSA) is 71.7 Å². The standard InChI is InChI=1S/C20H19ClN4O3/c1-27-17-8-4-15(5-9-17)19(26)24-10-12-25(13-11-24)20-22-18(23-28-20)14-2-6-16(21)7-3-14/h2-9H,10-13H2,1H3. The minimum atomic E-state index is 0.00897. The summed E-state index contributed by atoms with van der Waals surface area (Å²) in [6.07, 6.45) is 0. The molecule has 1 aliphatic rings. The summed E-state index contributed by atoms with van der Waals surface area (Å²) in [5.41, 5.74) is 1.49. The number of rotatable bonds is 4. The van der Waals surface area contributed by atoms with Gasteiger partial charge in [0.1, 0.15) is 5.75 Å². The third kappa shape index (κ3) is 3.80. The number of piperazine rings is 1. The molecule has 1 fully saturated rings. The van der Waals surface area contributed by atoms with Gasteiger partial charge < -0.3 is 19.1 Å². The summed E-state index contributed by atoms with van der Waals surface area (Å²) in [4.78, 5) is 21.0. The molecule has 0 saturated carbocycles. The first-order valence-electron chi connectivity index (χ1n) is 8.92. The molecule has 2 heterocycles. The molecule has 0 radical (unpaired) electrons. The van der Waals surface area contributed by atoms with E-state index in [4.69, 9.17) is 20.9 Å². The smallest absolute Gasteiger partial charge is 0.324 e. The molecular weight excluding hydrogens is 380 g/mol. The number of aromatic nitrogens is 2. The lowest BCUT2D eigenvalue weighted by molar-refractivity contribution is 0.0744. The van der Waals surface area contributed by atoms with Gasteiger partial charge in [-0.25, -0.2) is 0 Å². The maximum atomic E-state index is 12.7. The number of amides is 1. The van der Waals surface area contributed by atoms with Crippen LogP contribution in [-0.4, -0.2) is 54.2 Å². The van der Waals surface area contributed by atoms with Crippen LogP contribution in [0.1, 0.15) is 10.4 Å². The SMILES string of the molecule is COc1ccc(C(=O)N2CCN(c3nc(-c4ccc(Cl)cc4)no3)CC2)cc1. The van der Waals surface area contributed by atoms with Crippen molar-refractivity contribution in [1.82, 2.24) is 15.0 Å². The molecule has 0 atom stereocenters. The van der Waals surface area contributed by atoms with E-state index >= 15 is 0 Å². The highest BCUT2D eigenvalue weighted by Crippen LogP contribution is 2.23. The Morgan fingerprint density at radius 1 is 1.04 bits per heavy atom. The zero-order valence-corrected chi connectivity index (χ0v) is 16.1. The van der Waals surface area contributed by atoms with Gasteiger partial charge in [0.25, 0.3) is 5.91 Å². The molecule has 2 aromatic carbocycles. The highest BCUT2D eigenvalue weighted by Gasteiger charge is 2.25. The van der Waals surface area contributed by atoms with Crippen molar-refractivity contribution in [2.45, 2.75) is 0 Å². The normalized spacial score (nSPS) is 14.2. The molecule has 8 heteroatoms. The average molecular weight is 399 g/mol. The second kappa shape index (κ2) is 7.90. The van der Waals surface area contributed by atoms with Crippen LogP contribution in [0.5, 0.6) is 5.75 Å². The molecule has 1 aromatic heterocycles. The summed E-state index contributed by atoms with van der Waals surface area (Å²) >= 11 is 5.91. The van der Waals surface area contributed by atoms with E-state index in [0.717, 1.165) is 11.3 Å². The number of benzene rings is 2. The van der Waals surface area contributed by atoms with E-state index in [9.17, 15) is 4.79 Å². The Kier molecular flexibility index (Phi) is 5.16. The summed E-state index contributed by atoms with van der Waals surface area (Å²) in [6.45, 7) is 2.43. The Morgan fingerprint density at radius 2 is 1.71 bits per heavy atom. The summed E-state index contributed by atoms with van der Waals surface area (Å²) in [6, 6.07) is 14.9. The van der Waals surface area contributed by atoms with Gasteiger partial charge in [-0.2, -0.15) is 4.98 Å². The van der Waals surface area contributed by atoms with Crippen molar-refractivity contribution in [2.24, 2.45) is 0 Å². The molecule has 0 aliphatic carbocycles. The van der Waals surface area contributed by atoms with Crippen LogP contribution in [0.3, 0.4) is 0 Å². The van der Waals surface area contributed by atoms with E-state index in [1.54, 1.807) is 43.5 Å². The number of ether oxygens (including phenoxy) is 1. The number of methoxy groups -OCH3 is 1. The van der Waals surface area contributed by atoms with Gasteiger partial charge in [-0.15, -0.1) is 0 Å². The number of carbonyl (C=O) groups excluding carboxylic acids is 1. The molecule has 3 aromatic rings. The molecule has 4 rings (SSSR count). The van der Waals surface area contributed by atoms with Crippen molar-refractivity contribution in [3.8, 4) is 17.1 Å². The van der Waals surface area contributed by atoms with E-state index in [1.165, 1.54) is 0 Å². The van der Waals surface area contributed by atoms with Gasteiger partial charge in [-0.1, -0.05) is 16.8 Å². The molecule has 28 heavy (non-hydrogen) atoms. The predicted octanol–water partition coefficient (Wildman–Crippen LogP) is 3.36. The Bertz CT molecular complexity index is 948. The fourth-order valence-electron chi connectivity index (χ4n) is 3.08. The van der Waals surface area contributed by atoms with E-state index < -0.39 is 0 Å². The lowest BCUT2D eigenvalue weighted by Gasteiger charge is -2.33. The lowest BCUT2D eigenvalue weighted by Crippen LogP contribution is -2.48. The summed E-state index contributed by atoms with van der Waals surface area (Å²) < 4.78 is 10.5. The molecule has 7 nitrogen and oxygen atoms in total. The lowest BCUT2D eigenvalue weighted by atomic mass is 10.1. The van der Waals surface area contributed by atoms with Gasteiger partial charge in [0.15, 0.2) is 0 Å². The first-order chi connectivity index (χ1) is 13.6. The summed E-state index contributed by atoms with van der Waals surface area (Å²) in [5.74, 6) is 1.26. The number of hydrogen-bond donors (Lipinski definition) is 0. The molecule has 1 aliphatic heterocycles. The molecule has 0 spiro atoms. The highest BCUT2D eigenvalue weighted by molar-refractivity contribution is 6.30. The van der Waals surface area contributed by atoms with Gasteiger partial charge in [0.05, 0.1) is 7.11 Å². The van der Waals surface area contributed by atoms with Gasteiger partial charge >= 0.3 is 6.01 Å². The minimum absolute atomic E-state index is 0.00897. The van der Waals surface area contributed by atoms with Crippen molar-refractivity contribution < 1.29 is 14.1 Å². The Labute approximate surface area is 167 Å². The van der Waals surface area contributed by atoms with Crippen LogP contribution in [0.25, 0.3) is 11.4 Å². The fourth-order valence-corrected chi connectivity index (χ4v) is 3.20. The van der Waals surface area contributed by atoms with Crippen molar-refractivity contribution >= 4 is 23.5 Å². The third-order valence-electron chi connectivity index (χ3n) is 4.69. The number of halogens is 1. The zero-order valence-electron chi connectivity index (χ0n) is 15.3. The fraction of sp³-hybridized carbons (Fsp3) is 0.250. The number of carbonyl (C=O) groups is 1. The highest BCUT2D eigenvalue weighted by atomic mass is 35.5. The van der Waals surface area contributed by atoms with Crippen LogP contribution < -0.4 is 9.64 Å². The zero-order chi connectivity index (χ0) is 19.5. The van der Waals surface area contributed by atoms with E-state index in [0.29, 0.717) is 48.6 Å². The molecule has 1 saturated heterocycles. The van der Waals surface area contributed by atoms with Gasteiger partial charge in [-0.3, -0.25) is 4.79 Å². The van der Waals surface area contributed by atoms with Crippen molar-refractivity contribution in [1.29, 1.82) is 0 Å². The van der Waals surface area contributed by atoms with E-state index in [1.807, 2.05) is 21.9 Å². The molecular formula is C20H19ClN4O3. The predicted molar refractivity (Wildman–Crippen MR) is 106 cm³/mol. The maximum absolute atomic E-state index is 12.7. The van der Waals surface area contributed by atoms with Crippen molar-refractivity contribution in [3.05, 3.63) is 59.1 Å². The van der Waals surface area contributed by atoms with Crippen molar-refractivity contribution in [2.75, 3.05) is 38.2 Å². The van der Waals surface area contributed by atoms with Gasteiger partial charge in [-0.05, 0) is 48.5 Å². The molecule has 1 amide bonds. The molecule has 0 bridgehead atoms. The van der Waals surface area contributed by atoms with Crippen LogP contribution in [0.15, 0.2) is 53.1 Å². The Morgan fingerprint density at radius 3 is 2.36 bits per heavy atom. The first-order valence-corrected chi connectivity index (χ1v) is 9.30. The van der Waals surface area contributed by atoms with Crippen molar-refractivity contribution in [3.63, 3.8) is 0 Å². The average Bonchev–Trinajstić information content (AvgIpc) is 3.24. The van der Waals surface area contributed by atoms with Crippen LogP contribution >= 0.6 is 11.6 Å². The van der Waals surface area contributed by atoms with Crippen LogP contribution in [0.4, 0.5) is 6.01 Å². The number of hydrogen-bond acceptors (Lipinski definition) is 6. The second-order valence-electron chi connectivity index (χ2n) is 6.42. The quantitative estimate of drug-likeness (QED) is 0.671. The molecule has 0 unspecified atom stereocenters. The maximum Gasteiger partial charge on any atom is 0.324 e. The minimum Gasteiger partial charge on any atom is -0.497 e. The second-order valence-corrected chi connectivity index (χ2v) is 6.85. The molecule has 144 valence electrons.